The van der Waals surface area contributed by atoms with Crippen LogP contribution >= 0.6 is 15.9 Å². The van der Waals surface area contributed by atoms with E-state index in [2.05, 4.69) is 53.2 Å². The first-order valence-corrected chi connectivity index (χ1v) is 11.6. The Hall–Kier alpha value is -3.53. The molecule has 1 aliphatic heterocycles. The maximum absolute atomic E-state index is 6.49. The number of nitrogen functional groups attached to an aromatic ring is 1. The van der Waals surface area contributed by atoms with E-state index >= 15 is 0 Å². The van der Waals surface area contributed by atoms with Crippen LogP contribution in [0.2, 0.25) is 0 Å². The van der Waals surface area contributed by atoms with Crippen molar-refractivity contribution in [1.82, 2.24) is 29.7 Å². The molecular weight excluding hydrogens is 484 g/mol. The van der Waals surface area contributed by atoms with E-state index in [4.69, 9.17) is 15.2 Å². The lowest BCUT2D eigenvalue weighted by Gasteiger charge is -2.32. The van der Waals surface area contributed by atoms with Gasteiger partial charge in [0.1, 0.15) is 16.1 Å². The number of anilines is 2. The van der Waals surface area contributed by atoms with Gasteiger partial charge in [0, 0.05) is 35.8 Å². The summed E-state index contributed by atoms with van der Waals surface area (Å²) in [5.41, 5.74) is 9.96. The third-order valence-electron chi connectivity index (χ3n) is 6.12. The first kappa shape index (κ1) is 20.1. The summed E-state index contributed by atoms with van der Waals surface area (Å²) in [4.78, 5) is 16.3. The molecule has 1 fully saturated rings. The molecule has 5 aromatic rings. The number of para-hydroxylation sites is 1. The van der Waals surface area contributed by atoms with Gasteiger partial charge in [-0.2, -0.15) is 14.6 Å². The second-order valence-corrected chi connectivity index (χ2v) is 9.10. The highest BCUT2D eigenvalue weighted by atomic mass is 79.9. The van der Waals surface area contributed by atoms with Gasteiger partial charge in [-0.1, -0.05) is 23.4 Å². The van der Waals surface area contributed by atoms with Crippen LogP contribution in [0.15, 0.2) is 51.7 Å². The van der Waals surface area contributed by atoms with Crippen LogP contribution in [0.25, 0.3) is 27.7 Å². The Balaban J connectivity index is 1.43. The molecule has 0 amide bonds. The summed E-state index contributed by atoms with van der Waals surface area (Å²) in [5, 5.41) is 9.52. The second kappa shape index (κ2) is 7.80. The minimum Gasteiger partial charge on any atom is -0.383 e. The SMILES string of the molecule is Cc1noc(C2CCCN(c3nc4c(-c5cnc6ccccc6c5)cnn4c(N)c3Br)C2)n1. The molecular formula is C23H21BrN8O. The third-order valence-corrected chi connectivity index (χ3v) is 6.88. The predicted molar refractivity (Wildman–Crippen MR) is 129 cm³/mol. The van der Waals surface area contributed by atoms with E-state index in [0.717, 1.165) is 58.3 Å². The fraction of sp³-hybridized carbons (Fsp3) is 0.261. The maximum Gasteiger partial charge on any atom is 0.231 e. The summed E-state index contributed by atoms with van der Waals surface area (Å²) in [5.74, 6) is 2.78. The number of rotatable bonds is 3. The fourth-order valence-electron chi connectivity index (χ4n) is 4.46. The Morgan fingerprint density at radius 3 is 2.91 bits per heavy atom. The minimum atomic E-state index is 0.153. The van der Waals surface area contributed by atoms with Gasteiger partial charge >= 0.3 is 0 Å². The Morgan fingerprint density at radius 1 is 1.18 bits per heavy atom. The van der Waals surface area contributed by atoms with E-state index in [1.807, 2.05) is 31.3 Å². The molecule has 1 unspecified atom stereocenters. The molecule has 10 heteroatoms. The van der Waals surface area contributed by atoms with E-state index in [-0.39, 0.29) is 5.92 Å². The quantitative estimate of drug-likeness (QED) is 0.385. The molecule has 0 bridgehead atoms. The topological polar surface area (TPSA) is 111 Å². The maximum atomic E-state index is 6.49. The van der Waals surface area contributed by atoms with E-state index < -0.39 is 0 Å². The van der Waals surface area contributed by atoms with Crippen LogP contribution in [0.1, 0.15) is 30.5 Å². The van der Waals surface area contributed by atoms with Gasteiger partial charge in [-0.3, -0.25) is 4.98 Å². The molecule has 166 valence electrons. The van der Waals surface area contributed by atoms with Crippen molar-refractivity contribution in [3.63, 3.8) is 0 Å². The zero-order valence-electron chi connectivity index (χ0n) is 17.9. The molecule has 4 aromatic heterocycles. The highest BCUT2D eigenvalue weighted by molar-refractivity contribution is 9.10. The summed E-state index contributed by atoms with van der Waals surface area (Å²) in [7, 11) is 0. The lowest BCUT2D eigenvalue weighted by Crippen LogP contribution is -2.35. The Bertz CT molecular complexity index is 1490. The molecule has 0 saturated carbocycles. The summed E-state index contributed by atoms with van der Waals surface area (Å²) >= 11 is 3.66. The average Bonchev–Trinajstić information content (AvgIpc) is 3.47. The molecule has 0 spiro atoms. The van der Waals surface area contributed by atoms with E-state index in [9.17, 15) is 0 Å². The molecule has 1 aromatic carbocycles. The Labute approximate surface area is 197 Å². The van der Waals surface area contributed by atoms with Crippen LogP contribution in [0, 0.1) is 6.92 Å². The van der Waals surface area contributed by atoms with Gasteiger partial charge in [-0.15, -0.1) is 0 Å². The summed E-state index contributed by atoms with van der Waals surface area (Å²) < 4.78 is 7.84. The first-order chi connectivity index (χ1) is 16.1. The van der Waals surface area contributed by atoms with Gasteiger partial charge in [0.05, 0.1) is 17.6 Å². The van der Waals surface area contributed by atoms with Crippen molar-refractivity contribution in [2.75, 3.05) is 23.7 Å². The van der Waals surface area contributed by atoms with Crippen LogP contribution in [0.3, 0.4) is 0 Å². The minimum absolute atomic E-state index is 0.153. The smallest absolute Gasteiger partial charge is 0.231 e. The van der Waals surface area contributed by atoms with Crippen molar-refractivity contribution in [2.24, 2.45) is 0 Å². The molecule has 0 aliphatic carbocycles. The van der Waals surface area contributed by atoms with Crippen LogP contribution < -0.4 is 10.6 Å². The van der Waals surface area contributed by atoms with Crippen LogP contribution in [-0.2, 0) is 0 Å². The number of nitrogens with zero attached hydrogens (tertiary/aromatic N) is 7. The Morgan fingerprint density at radius 2 is 2.06 bits per heavy atom. The summed E-state index contributed by atoms with van der Waals surface area (Å²) in [6, 6.07) is 10.1. The third kappa shape index (κ3) is 3.41. The first-order valence-electron chi connectivity index (χ1n) is 10.8. The van der Waals surface area contributed by atoms with Crippen molar-refractivity contribution in [1.29, 1.82) is 0 Å². The molecule has 1 aliphatic rings. The van der Waals surface area contributed by atoms with E-state index in [0.29, 0.717) is 23.2 Å². The molecule has 5 heterocycles. The number of nitrogens with two attached hydrogens (primary N) is 1. The number of fused-ring (bicyclic) bond motifs is 2. The number of pyridine rings is 1. The standard InChI is InChI=1S/C23H21BrN8O/c1-13-28-23(33-30-13)15-6-4-8-31(12-15)22-19(24)20(25)32-21(29-22)17(11-27-32)16-9-14-5-2-3-7-18(14)26-10-16/h2-3,5,7,9-11,15H,4,6,8,12,25H2,1H3. The van der Waals surface area contributed by atoms with Crippen molar-refractivity contribution in [3.8, 4) is 11.1 Å². The van der Waals surface area contributed by atoms with Crippen LogP contribution in [0.4, 0.5) is 11.6 Å². The van der Waals surface area contributed by atoms with Gasteiger partial charge in [-0.05, 0) is 47.8 Å². The normalized spacial score (nSPS) is 16.7. The number of benzene rings is 1. The second-order valence-electron chi connectivity index (χ2n) is 8.31. The lowest BCUT2D eigenvalue weighted by atomic mass is 9.98. The molecule has 9 nitrogen and oxygen atoms in total. The lowest BCUT2D eigenvalue weighted by molar-refractivity contribution is 0.331. The monoisotopic (exact) mass is 504 g/mol. The highest BCUT2D eigenvalue weighted by Crippen LogP contribution is 2.37. The summed E-state index contributed by atoms with van der Waals surface area (Å²) in [6.45, 7) is 3.43. The van der Waals surface area contributed by atoms with Crippen LogP contribution in [0.5, 0.6) is 0 Å². The van der Waals surface area contributed by atoms with Gasteiger partial charge in [-0.25, -0.2) is 4.98 Å². The van der Waals surface area contributed by atoms with Crippen molar-refractivity contribution in [3.05, 3.63) is 58.9 Å². The largest absolute Gasteiger partial charge is 0.383 e. The summed E-state index contributed by atoms with van der Waals surface area (Å²) in [6.07, 6.45) is 5.63. The average molecular weight is 505 g/mol. The number of hydrogen-bond donors (Lipinski definition) is 1. The zero-order chi connectivity index (χ0) is 22.5. The van der Waals surface area contributed by atoms with Crippen molar-refractivity contribution >= 4 is 44.1 Å². The Kier molecular flexibility index (Phi) is 4.75. The number of aromatic nitrogens is 6. The molecule has 33 heavy (non-hydrogen) atoms. The molecule has 0 radical (unpaired) electrons. The predicted octanol–water partition coefficient (Wildman–Crippen LogP) is 4.36. The molecule has 1 atom stereocenters. The number of piperidine rings is 1. The zero-order valence-corrected chi connectivity index (χ0v) is 19.5. The van der Waals surface area contributed by atoms with Crippen LogP contribution in [-0.4, -0.2) is 42.8 Å². The van der Waals surface area contributed by atoms with Crippen molar-refractivity contribution < 1.29 is 4.52 Å². The highest BCUT2D eigenvalue weighted by Gasteiger charge is 2.29. The number of aryl methyl sites for hydroxylation is 1. The fourth-order valence-corrected chi connectivity index (χ4v) is 4.97. The van der Waals surface area contributed by atoms with E-state index in [1.165, 1.54) is 0 Å². The van der Waals surface area contributed by atoms with Gasteiger partial charge in [0.15, 0.2) is 11.5 Å². The molecule has 1 saturated heterocycles. The molecule has 2 N–H and O–H groups in total. The van der Waals surface area contributed by atoms with Gasteiger partial charge < -0.3 is 15.2 Å². The molecule has 6 rings (SSSR count). The number of halogens is 1. The van der Waals surface area contributed by atoms with Gasteiger partial charge in [0.25, 0.3) is 0 Å². The van der Waals surface area contributed by atoms with E-state index in [1.54, 1.807) is 10.7 Å². The van der Waals surface area contributed by atoms with Crippen molar-refractivity contribution in [2.45, 2.75) is 25.7 Å². The van der Waals surface area contributed by atoms with Gasteiger partial charge in [0.2, 0.25) is 5.89 Å². The number of hydrogen-bond acceptors (Lipinski definition) is 8.